The van der Waals surface area contributed by atoms with E-state index >= 15 is 0 Å². The third-order valence-electron chi connectivity index (χ3n) is 2.06. The second-order valence-corrected chi connectivity index (χ2v) is 3.05. The Morgan fingerprint density at radius 1 is 1.53 bits per heavy atom. The minimum atomic E-state index is -0.712. The van der Waals surface area contributed by atoms with Gasteiger partial charge in [0.05, 0.1) is 0 Å². The van der Waals surface area contributed by atoms with Crippen LogP contribution < -0.4 is 11.3 Å². The lowest BCUT2D eigenvalue weighted by molar-refractivity contribution is 0.0995. The van der Waals surface area contributed by atoms with E-state index in [9.17, 15) is 9.59 Å². The number of nitrogens with two attached hydrogens (primary N) is 1. The standard InChI is InChI=1S/C9H8N4O2/c1-5-7(8(10)14)12-6-3-2-4-11-13(6)9(5)15/h2-4H,1H3,(H2,10,14). The molecule has 0 aliphatic carbocycles. The Hall–Kier alpha value is -2.24. The van der Waals surface area contributed by atoms with E-state index in [0.29, 0.717) is 5.65 Å². The van der Waals surface area contributed by atoms with Crippen LogP contribution in [0, 0.1) is 6.92 Å². The van der Waals surface area contributed by atoms with Crippen LogP contribution in [0.3, 0.4) is 0 Å². The molecule has 0 saturated carbocycles. The molecule has 0 unspecified atom stereocenters. The average molecular weight is 204 g/mol. The number of aromatic nitrogens is 3. The molecular formula is C9H8N4O2. The fraction of sp³-hybridized carbons (Fsp3) is 0.111. The summed E-state index contributed by atoms with van der Waals surface area (Å²) in [6.45, 7) is 1.50. The molecule has 0 aliphatic heterocycles. The fourth-order valence-corrected chi connectivity index (χ4v) is 1.30. The smallest absolute Gasteiger partial charge is 0.278 e. The minimum Gasteiger partial charge on any atom is -0.364 e. The number of rotatable bonds is 1. The summed E-state index contributed by atoms with van der Waals surface area (Å²) in [6.07, 6.45) is 1.47. The van der Waals surface area contributed by atoms with Crippen molar-refractivity contribution in [2.45, 2.75) is 6.92 Å². The summed E-state index contributed by atoms with van der Waals surface area (Å²) in [7, 11) is 0. The Kier molecular flexibility index (Phi) is 1.96. The molecule has 6 heteroatoms. The maximum atomic E-state index is 11.7. The third-order valence-corrected chi connectivity index (χ3v) is 2.06. The Morgan fingerprint density at radius 2 is 2.27 bits per heavy atom. The molecule has 2 rings (SSSR count). The van der Waals surface area contributed by atoms with Crippen molar-refractivity contribution < 1.29 is 4.79 Å². The first-order valence-corrected chi connectivity index (χ1v) is 4.25. The van der Waals surface area contributed by atoms with Crippen LogP contribution in [0.2, 0.25) is 0 Å². The Labute approximate surface area is 84.4 Å². The van der Waals surface area contributed by atoms with E-state index in [-0.39, 0.29) is 16.8 Å². The van der Waals surface area contributed by atoms with Gasteiger partial charge in [0, 0.05) is 11.8 Å². The van der Waals surface area contributed by atoms with Crippen molar-refractivity contribution in [3.05, 3.63) is 39.9 Å². The molecule has 0 fully saturated rings. The van der Waals surface area contributed by atoms with E-state index in [2.05, 4.69) is 10.1 Å². The van der Waals surface area contributed by atoms with Crippen molar-refractivity contribution >= 4 is 11.6 Å². The summed E-state index contributed by atoms with van der Waals surface area (Å²) in [4.78, 5) is 26.7. The van der Waals surface area contributed by atoms with Gasteiger partial charge < -0.3 is 5.73 Å². The van der Waals surface area contributed by atoms with E-state index in [1.54, 1.807) is 12.1 Å². The van der Waals surface area contributed by atoms with Gasteiger partial charge >= 0.3 is 0 Å². The van der Waals surface area contributed by atoms with Gasteiger partial charge in [-0.15, -0.1) is 0 Å². The zero-order valence-electron chi connectivity index (χ0n) is 7.97. The summed E-state index contributed by atoms with van der Waals surface area (Å²) in [5, 5.41) is 3.83. The molecule has 6 nitrogen and oxygen atoms in total. The molecule has 2 heterocycles. The monoisotopic (exact) mass is 204 g/mol. The summed E-state index contributed by atoms with van der Waals surface area (Å²) in [6, 6.07) is 3.21. The maximum Gasteiger partial charge on any atom is 0.278 e. The van der Waals surface area contributed by atoms with E-state index in [1.807, 2.05) is 0 Å². The number of carbonyl (C=O) groups excluding carboxylic acids is 1. The molecule has 2 N–H and O–H groups in total. The van der Waals surface area contributed by atoms with E-state index in [0.717, 1.165) is 4.52 Å². The van der Waals surface area contributed by atoms with Gasteiger partial charge in [-0.3, -0.25) is 9.59 Å². The first kappa shape index (κ1) is 9.32. The number of carbonyl (C=O) groups is 1. The minimum absolute atomic E-state index is 0.00648. The Morgan fingerprint density at radius 3 is 2.93 bits per heavy atom. The third kappa shape index (κ3) is 1.35. The van der Waals surface area contributed by atoms with Crippen LogP contribution in [0.25, 0.3) is 5.65 Å². The van der Waals surface area contributed by atoms with Crippen LogP contribution in [0.5, 0.6) is 0 Å². The molecule has 2 aromatic rings. The fourth-order valence-electron chi connectivity index (χ4n) is 1.30. The number of amides is 1. The van der Waals surface area contributed by atoms with E-state index < -0.39 is 5.91 Å². The number of hydrogen-bond acceptors (Lipinski definition) is 4. The quantitative estimate of drug-likeness (QED) is 0.677. The highest BCUT2D eigenvalue weighted by molar-refractivity contribution is 5.92. The highest BCUT2D eigenvalue weighted by Gasteiger charge is 2.12. The molecule has 0 bridgehead atoms. The van der Waals surface area contributed by atoms with Gasteiger partial charge in [-0.2, -0.15) is 9.61 Å². The molecule has 0 radical (unpaired) electrons. The number of primary amides is 1. The first-order chi connectivity index (χ1) is 7.11. The summed E-state index contributed by atoms with van der Waals surface area (Å²) >= 11 is 0. The van der Waals surface area contributed by atoms with Crippen LogP contribution in [-0.2, 0) is 0 Å². The van der Waals surface area contributed by atoms with Crippen molar-refractivity contribution in [3.63, 3.8) is 0 Å². The van der Waals surface area contributed by atoms with Gasteiger partial charge in [0.2, 0.25) is 0 Å². The molecule has 0 atom stereocenters. The molecular weight excluding hydrogens is 196 g/mol. The van der Waals surface area contributed by atoms with Crippen LogP contribution in [-0.4, -0.2) is 20.5 Å². The summed E-state index contributed by atoms with van der Waals surface area (Å²) in [5.41, 5.74) is 5.23. The number of fused-ring (bicyclic) bond motifs is 1. The van der Waals surface area contributed by atoms with Crippen molar-refractivity contribution in [2.24, 2.45) is 5.73 Å². The lowest BCUT2D eigenvalue weighted by Gasteiger charge is -2.02. The van der Waals surface area contributed by atoms with Crippen molar-refractivity contribution in [1.82, 2.24) is 14.6 Å². The van der Waals surface area contributed by atoms with Crippen molar-refractivity contribution in [1.29, 1.82) is 0 Å². The van der Waals surface area contributed by atoms with Gasteiger partial charge in [-0.05, 0) is 19.1 Å². The first-order valence-electron chi connectivity index (χ1n) is 4.25. The van der Waals surface area contributed by atoms with Crippen LogP contribution in [0.4, 0.5) is 0 Å². The van der Waals surface area contributed by atoms with Gasteiger partial charge in [0.15, 0.2) is 5.65 Å². The summed E-state index contributed by atoms with van der Waals surface area (Å²) in [5.74, 6) is -0.712. The molecule has 15 heavy (non-hydrogen) atoms. The second kappa shape index (κ2) is 3.16. The van der Waals surface area contributed by atoms with Gasteiger partial charge in [-0.25, -0.2) is 4.98 Å². The highest BCUT2D eigenvalue weighted by atomic mass is 16.1. The van der Waals surface area contributed by atoms with Crippen molar-refractivity contribution in [2.75, 3.05) is 0 Å². The number of nitrogens with zero attached hydrogens (tertiary/aromatic N) is 3. The average Bonchev–Trinajstić information content (AvgIpc) is 2.23. The lowest BCUT2D eigenvalue weighted by atomic mass is 10.2. The Bertz CT molecular complexity index is 603. The highest BCUT2D eigenvalue weighted by Crippen LogP contribution is 2.01. The SMILES string of the molecule is Cc1c(C(N)=O)nc2cccnn2c1=O. The van der Waals surface area contributed by atoms with Crippen LogP contribution in [0.15, 0.2) is 23.1 Å². The molecule has 0 aromatic carbocycles. The predicted molar refractivity (Wildman–Crippen MR) is 52.5 cm³/mol. The molecule has 0 aliphatic rings. The molecule has 76 valence electrons. The molecule has 0 spiro atoms. The number of hydrogen-bond donors (Lipinski definition) is 1. The van der Waals surface area contributed by atoms with E-state index in [4.69, 9.17) is 5.73 Å². The normalized spacial score (nSPS) is 10.5. The lowest BCUT2D eigenvalue weighted by Crippen LogP contribution is -2.26. The zero-order chi connectivity index (χ0) is 11.0. The maximum absolute atomic E-state index is 11.7. The topological polar surface area (TPSA) is 90.3 Å². The van der Waals surface area contributed by atoms with Gasteiger partial charge in [0.1, 0.15) is 5.69 Å². The van der Waals surface area contributed by atoms with Gasteiger partial charge in [0.25, 0.3) is 11.5 Å². The largest absolute Gasteiger partial charge is 0.364 e. The Balaban J connectivity index is 2.95. The summed E-state index contributed by atoms with van der Waals surface area (Å²) < 4.78 is 1.13. The van der Waals surface area contributed by atoms with Crippen molar-refractivity contribution in [3.8, 4) is 0 Å². The van der Waals surface area contributed by atoms with Crippen LogP contribution in [0.1, 0.15) is 16.1 Å². The second-order valence-electron chi connectivity index (χ2n) is 3.05. The molecule has 0 saturated heterocycles. The predicted octanol–water partition coefficient (Wildman–Crippen LogP) is -0.503. The molecule has 2 aromatic heterocycles. The van der Waals surface area contributed by atoms with Crippen LogP contribution >= 0.6 is 0 Å². The molecule has 1 amide bonds. The van der Waals surface area contributed by atoms with Gasteiger partial charge in [-0.1, -0.05) is 0 Å². The zero-order valence-corrected chi connectivity index (χ0v) is 7.97. The van der Waals surface area contributed by atoms with E-state index in [1.165, 1.54) is 13.1 Å².